The van der Waals surface area contributed by atoms with Crippen LogP contribution >= 0.6 is 0 Å². The highest BCUT2D eigenvalue weighted by molar-refractivity contribution is 5.81. The third-order valence-electron chi connectivity index (χ3n) is 3.51. The molecule has 0 amide bonds. The van der Waals surface area contributed by atoms with E-state index in [1.54, 1.807) is 0 Å². The van der Waals surface area contributed by atoms with Crippen LogP contribution in [0.1, 0.15) is 33.6 Å². The molecule has 2 N–H and O–H groups in total. The molecule has 0 radical (unpaired) electrons. The first kappa shape index (κ1) is 12.7. The molecule has 1 saturated heterocycles. The molecule has 0 aromatic rings. The number of guanidine groups is 1. The minimum atomic E-state index is 0.493. The largest absolute Gasteiger partial charge is 0.355 e. The maximum Gasteiger partial charge on any atom is 0.191 e. The van der Waals surface area contributed by atoms with Crippen LogP contribution in [0, 0.1) is 5.92 Å². The van der Waals surface area contributed by atoms with E-state index in [1.165, 1.54) is 25.9 Å². The molecule has 0 saturated carbocycles. The summed E-state index contributed by atoms with van der Waals surface area (Å²) in [7, 11) is 0. The minimum Gasteiger partial charge on any atom is -0.355 e. The van der Waals surface area contributed by atoms with Crippen LogP contribution in [0.5, 0.6) is 0 Å². The summed E-state index contributed by atoms with van der Waals surface area (Å²) < 4.78 is 0. The Morgan fingerprint density at radius 1 is 1.53 bits per heavy atom. The molecule has 0 bridgehead atoms. The summed E-state index contributed by atoms with van der Waals surface area (Å²) in [5, 5.41) is 6.81. The minimum absolute atomic E-state index is 0.493. The summed E-state index contributed by atoms with van der Waals surface area (Å²) in [6.45, 7) is 11.2. The monoisotopic (exact) mass is 238 g/mol. The first-order chi connectivity index (χ1) is 8.15. The molecule has 0 aromatic carbocycles. The van der Waals surface area contributed by atoms with Crippen LogP contribution in [0.2, 0.25) is 0 Å². The molecule has 2 aliphatic rings. The lowest BCUT2D eigenvalue weighted by Crippen LogP contribution is -2.45. The predicted molar refractivity (Wildman–Crippen MR) is 72.3 cm³/mol. The summed E-state index contributed by atoms with van der Waals surface area (Å²) in [6, 6.07) is 1.19. The van der Waals surface area contributed by atoms with Gasteiger partial charge in [0.2, 0.25) is 0 Å². The Labute approximate surface area is 105 Å². The van der Waals surface area contributed by atoms with E-state index in [0.29, 0.717) is 12.1 Å². The van der Waals surface area contributed by atoms with E-state index in [9.17, 15) is 0 Å². The van der Waals surface area contributed by atoms with Crippen molar-refractivity contribution in [3.8, 4) is 0 Å². The number of nitrogens with zero attached hydrogens (tertiary/aromatic N) is 2. The molecule has 2 heterocycles. The number of nitrogens with one attached hydrogen (secondary N) is 2. The highest BCUT2D eigenvalue weighted by Crippen LogP contribution is 2.17. The van der Waals surface area contributed by atoms with Gasteiger partial charge in [-0.1, -0.05) is 13.8 Å². The second kappa shape index (κ2) is 5.71. The van der Waals surface area contributed by atoms with E-state index in [-0.39, 0.29) is 0 Å². The van der Waals surface area contributed by atoms with Gasteiger partial charge in [0.15, 0.2) is 5.96 Å². The Morgan fingerprint density at radius 2 is 2.35 bits per heavy atom. The molecule has 0 spiro atoms. The summed E-state index contributed by atoms with van der Waals surface area (Å²) in [4.78, 5) is 7.06. The van der Waals surface area contributed by atoms with Crippen molar-refractivity contribution in [2.24, 2.45) is 10.9 Å². The fraction of sp³-hybridized carbons (Fsp3) is 0.923. The molecule has 2 atom stereocenters. The quantitative estimate of drug-likeness (QED) is 0.769. The number of rotatable bonds is 4. The van der Waals surface area contributed by atoms with Crippen LogP contribution < -0.4 is 10.6 Å². The molecule has 2 rings (SSSR count). The van der Waals surface area contributed by atoms with Crippen LogP contribution in [-0.2, 0) is 0 Å². The van der Waals surface area contributed by atoms with E-state index in [2.05, 4.69) is 41.3 Å². The molecule has 98 valence electrons. The number of hydrogen-bond donors (Lipinski definition) is 2. The Bertz CT molecular complexity index is 275. The summed E-state index contributed by atoms with van der Waals surface area (Å²) in [5.74, 6) is 1.76. The number of aliphatic imine (C=N–C) groups is 1. The molecule has 1 fully saturated rings. The predicted octanol–water partition coefficient (Wildman–Crippen LogP) is 1.04. The molecule has 0 aromatic heterocycles. The number of hydrogen-bond acceptors (Lipinski definition) is 4. The number of likely N-dealkylation sites (tertiary alicyclic amines) is 1. The second-order valence-corrected chi connectivity index (χ2v) is 5.80. The van der Waals surface area contributed by atoms with Crippen LogP contribution in [-0.4, -0.2) is 49.1 Å². The summed E-state index contributed by atoms with van der Waals surface area (Å²) >= 11 is 0. The van der Waals surface area contributed by atoms with Gasteiger partial charge in [0.05, 0.1) is 6.54 Å². The van der Waals surface area contributed by atoms with Crippen LogP contribution in [0.15, 0.2) is 4.99 Å². The SMILES string of the molecule is CC(C)CN1CCC[C@@H]1CNC1=NCC(C)N1. The molecule has 2 aliphatic heterocycles. The topological polar surface area (TPSA) is 39.7 Å². The third-order valence-corrected chi connectivity index (χ3v) is 3.51. The second-order valence-electron chi connectivity index (χ2n) is 5.80. The van der Waals surface area contributed by atoms with Gasteiger partial charge in [0, 0.05) is 25.2 Å². The van der Waals surface area contributed by atoms with Gasteiger partial charge >= 0.3 is 0 Å². The Morgan fingerprint density at radius 3 is 3.00 bits per heavy atom. The highest BCUT2D eigenvalue weighted by Gasteiger charge is 2.25. The normalized spacial score (nSPS) is 29.5. The van der Waals surface area contributed by atoms with Crippen molar-refractivity contribution in [2.75, 3.05) is 26.2 Å². The van der Waals surface area contributed by atoms with E-state index in [0.717, 1.165) is 25.0 Å². The molecular weight excluding hydrogens is 212 g/mol. The van der Waals surface area contributed by atoms with Crippen molar-refractivity contribution >= 4 is 5.96 Å². The van der Waals surface area contributed by atoms with E-state index in [4.69, 9.17) is 0 Å². The van der Waals surface area contributed by atoms with E-state index < -0.39 is 0 Å². The highest BCUT2D eigenvalue weighted by atomic mass is 15.3. The van der Waals surface area contributed by atoms with E-state index >= 15 is 0 Å². The van der Waals surface area contributed by atoms with Gasteiger partial charge in [-0.05, 0) is 32.2 Å². The van der Waals surface area contributed by atoms with Crippen LogP contribution in [0.3, 0.4) is 0 Å². The Hall–Kier alpha value is -0.770. The lowest BCUT2D eigenvalue weighted by atomic mass is 10.1. The maximum atomic E-state index is 4.44. The summed E-state index contributed by atoms with van der Waals surface area (Å²) in [6.07, 6.45) is 2.66. The summed E-state index contributed by atoms with van der Waals surface area (Å²) in [5.41, 5.74) is 0. The van der Waals surface area contributed by atoms with Gasteiger partial charge in [-0.15, -0.1) is 0 Å². The van der Waals surface area contributed by atoms with Crippen molar-refractivity contribution in [2.45, 2.75) is 45.7 Å². The molecule has 4 nitrogen and oxygen atoms in total. The molecule has 17 heavy (non-hydrogen) atoms. The van der Waals surface area contributed by atoms with Gasteiger partial charge < -0.3 is 10.6 Å². The van der Waals surface area contributed by atoms with Crippen molar-refractivity contribution in [3.05, 3.63) is 0 Å². The fourth-order valence-electron chi connectivity index (χ4n) is 2.71. The standard InChI is InChI=1S/C13H26N4/c1-10(2)9-17-6-4-5-12(17)8-15-13-14-7-11(3)16-13/h10-12H,4-9H2,1-3H3,(H2,14,15,16)/t11?,12-/m1/s1. The first-order valence-electron chi connectivity index (χ1n) is 6.94. The van der Waals surface area contributed by atoms with Gasteiger partial charge in [-0.25, -0.2) is 0 Å². The van der Waals surface area contributed by atoms with Gasteiger partial charge in [0.1, 0.15) is 0 Å². The zero-order valence-electron chi connectivity index (χ0n) is 11.4. The van der Waals surface area contributed by atoms with Crippen LogP contribution in [0.25, 0.3) is 0 Å². The molecule has 4 heteroatoms. The molecule has 1 unspecified atom stereocenters. The van der Waals surface area contributed by atoms with Crippen LogP contribution in [0.4, 0.5) is 0 Å². The van der Waals surface area contributed by atoms with Crippen molar-refractivity contribution < 1.29 is 0 Å². The molecule has 0 aliphatic carbocycles. The molecular formula is C13H26N4. The Kier molecular flexibility index (Phi) is 4.26. The van der Waals surface area contributed by atoms with Gasteiger partial charge in [-0.3, -0.25) is 9.89 Å². The zero-order valence-corrected chi connectivity index (χ0v) is 11.4. The fourth-order valence-corrected chi connectivity index (χ4v) is 2.71. The maximum absolute atomic E-state index is 4.44. The van der Waals surface area contributed by atoms with Crippen molar-refractivity contribution in [3.63, 3.8) is 0 Å². The average Bonchev–Trinajstić information content (AvgIpc) is 2.84. The lowest BCUT2D eigenvalue weighted by Gasteiger charge is -2.26. The smallest absolute Gasteiger partial charge is 0.191 e. The Balaban J connectivity index is 1.74. The first-order valence-corrected chi connectivity index (χ1v) is 6.94. The van der Waals surface area contributed by atoms with E-state index in [1.807, 2.05) is 0 Å². The third kappa shape index (κ3) is 3.60. The van der Waals surface area contributed by atoms with Crippen molar-refractivity contribution in [1.82, 2.24) is 15.5 Å². The van der Waals surface area contributed by atoms with Gasteiger partial charge in [0.25, 0.3) is 0 Å². The average molecular weight is 238 g/mol. The lowest BCUT2D eigenvalue weighted by molar-refractivity contribution is 0.226. The van der Waals surface area contributed by atoms with Crippen molar-refractivity contribution in [1.29, 1.82) is 0 Å². The zero-order chi connectivity index (χ0) is 12.3. The van der Waals surface area contributed by atoms with Gasteiger partial charge in [-0.2, -0.15) is 0 Å².